The zero-order chi connectivity index (χ0) is 14.7. The van der Waals surface area contributed by atoms with Crippen LogP contribution in [0.5, 0.6) is 0 Å². The Morgan fingerprint density at radius 3 is 2.55 bits per heavy atom. The van der Waals surface area contributed by atoms with Crippen molar-refractivity contribution >= 4 is 27.8 Å². The number of carboxylic acid groups (broad SMARTS) is 1. The minimum Gasteiger partial charge on any atom is -0.478 e. The zero-order valence-corrected chi connectivity index (χ0v) is 12.8. The summed E-state index contributed by atoms with van der Waals surface area (Å²) in [6.07, 6.45) is 1.35. The van der Waals surface area contributed by atoms with Gasteiger partial charge in [0.15, 0.2) is 0 Å². The first-order valence-electron chi connectivity index (χ1n) is 6.00. The molecule has 1 aromatic heterocycles. The SMILES string of the molecule is Cc1nc(N(C)Cc2ccc(Br)cc2)ncc1C(=O)O. The molecule has 1 N–H and O–H groups in total. The maximum absolute atomic E-state index is 10.9. The van der Waals surface area contributed by atoms with Crippen molar-refractivity contribution in [2.45, 2.75) is 13.5 Å². The number of carbonyl (C=O) groups is 1. The summed E-state index contributed by atoms with van der Waals surface area (Å²) in [4.78, 5) is 21.1. The quantitative estimate of drug-likeness (QED) is 0.930. The van der Waals surface area contributed by atoms with E-state index < -0.39 is 5.97 Å². The molecule has 0 saturated heterocycles. The number of benzene rings is 1. The average Bonchev–Trinajstić information content (AvgIpc) is 2.40. The van der Waals surface area contributed by atoms with Crippen LogP contribution in [0.15, 0.2) is 34.9 Å². The Morgan fingerprint density at radius 2 is 2.00 bits per heavy atom. The molecule has 0 aliphatic heterocycles. The number of nitrogens with zero attached hydrogens (tertiary/aromatic N) is 3. The van der Waals surface area contributed by atoms with Gasteiger partial charge in [0.25, 0.3) is 0 Å². The summed E-state index contributed by atoms with van der Waals surface area (Å²) < 4.78 is 1.03. The van der Waals surface area contributed by atoms with Gasteiger partial charge in [-0.05, 0) is 24.6 Å². The monoisotopic (exact) mass is 335 g/mol. The van der Waals surface area contributed by atoms with E-state index in [1.54, 1.807) is 6.92 Å². The molecule has 2 aromatic rings. The number of hydrogen-bond acceptors (Lipinski definition) is 4. The van der Waals surface area contributed by atoms with Crippen LogP contribution in [0.2, 0.25) is 0 Å². The summed E-state index contributed by atoms with van der Waals surface area (Å²) in [6, 6.07) is 7.98. The van der Waals surface area contributed by atoms with E-state index in [0.717, 1.165) is 10.0 Å². The molecule has 104 valence electrons. The normalized spacial score (nSPS) is 10.3. The fourth-order valence-corrected chi connectivity index (χ4v) is 2.05. The van der Waals surface area contributed by atoms with Gasteiger partial charge in [0.05, 0.1) is 11.3 Å². The Morgan fingerprint density at radius 1 is 1.35 bits per heavy atom. The summed E-state index contributed by atoms with van der Waals surface area (Å²) in [5.74, 6) is -0.500. The lowest BCUT2D eigenvalue weighted by molar-refractivity contribution is 0.0695. The molecule has 0 aliphatic rings. The molecule has 0 aliphatic carbocycles. The molecule has 1 heterocycles. The highest BCUT2D eigenvalue weighted by molar-refractivity contribution is 9.10. The van der Waals surface area contributed by atoms with E-state index in [2.05, 4.69) is 25.9 Å². The van der Waals surface area contributed by atoms with Crippen molar-refractivity contribution in [1.82, 2.24) is 9.97 Å². The molecule has 0 spiro atoms. The van der Waals surface area contributed by atoms with Crippen molar-refractivity contribution in [3.8, 4) is 0 Å². The molecule has 0 radical (unpaired) electrons. The van der Waals surface area contributed by atoms with Crippen LogP contribution >= 0.6 is 15.9 Å². The van der Waals surface area contributed by atoms with Gasteiger partial charge in [-0.2, -0.15) is 0 Å². The second-order valence-corrected chi connectivity index (χ2v) is 5.37. The van der Waals surface area contributed by atoms with Crippen LogP contribution in [0.25, 0.3) is 0 Å². The van der Waals surface area contributed by atoms with Gasteiger partial charge in [-0.1, -0.05) is 28.1 Å². The Bertz CT molecular complexity index is 629. The van der Waals surface area contributed by atoms with Crippen LogP contribution in [0.3, 0.4) is 0 Å². The molecule has 0 bridgehead atoms. The van der Waals surface area contributed by atoms with E-state index in [4.69, 9.17) is 5.11 Å². The van der Waals surface area contributed by atoms with Gasteiger partial charge < -0.3 is 10.0 Å². The topological polar surface area (TPSA) is 66.3 Å². The average molecular weight is 336 g/mol. The van der Waals surface area contributed by atoms with Crippen molar-refractivity contribution in [2.75, 3.05) is 11.9 Å². The minimum atomic E-state index is -1.01. The van der Waals surface area contributed by atoms with Gasteiger partial charge in [0.2, 0.25) is 5.95 Å². The first kappa shape index (κ1) is 14.5. The maximum atomic E-state index is 10.9. The predicted octanol–water partition coefficient (Wildman–Crippen LogP) is 2.88. The number of halogens is 1. The van der Waals surface area contributed by atoms with Gasteiger partial charge in [-0.3, -0.25) is 0 Å². The highest BCUT2D eigenvalue weighted by Crippen LogP contribution is 2.15. The molecule has 1 aromatic carbocycles. The third-order valence-electron chi connectivity index (χ3n) is 2.87. The zero-order valence-electron chi connectivity index (χ0n) is 11.2. The summed E-state index contributed by atoms with van der Waals surface area (Å²) in [7, 11) is 1.87. The van der Waals surface area contributed by atoms with E-state index in [1.807, 2.05) is 36.2 Å². The molecular weight excluding hydrogens is 322 g/mol. The molecule has 2 rings (SSSR count). The molecule has 20 heavy (non-hydrogen) atoms. The molecule has 0 amide bonds. The van der Waals surface area contributed by atoms with Gasteiger partial charge in [-0.25, -0.2) is 14.8 Å². The lowest BCUT2D eigenvalue weighted by Gasteiger charge is -2.17. The standard InChI is InChI=1S/C14H14BrN3O2/c1-9-12(13(19)20)7-16-14(17-9)18(2)8-10-3-5-11(15)6-4-10/h3-7H,8H2,1-2H3,(H,19,20). The molecule has 0 atom stereocenters. The smallest absolute Gasteiger partial charge is 0.339 e. The summed E-state index contributed by atoms with van der Waals surface area (Å²) in [5, 5.41) is 8.96. The Kier molecular flexibility index (Phi) is 4.34. The number of carboxylic acids is 1. The van der Waals surface area contributed by atoms with Gasteiger partial charge in [-0.15, -0.1) is 0 Å². The first-order chi connectivity index (χ1) is 9.47. The van der Waals surface area contributed by atoms with E-state index in [-0.39, 0.29) is 5.56 Å². The lowest BCUT2D eigenvalue weighted by atomic mass is 10.2. The second-order valence-electron chi connectivity index (χ2n) is 4.46. The van der Waals surface area contributed by atoms with E-state index in [9.17, 15) is 4.79 Å². The fraction of sp³-hybridized carbons (Fsp3) is 0.214. The Labute approximate surface area is 125 Å². The molecule has 6 heteroatoms. The maximum Gasteiger partial charge on any atom is 0.339 e. The molecule has 0 unspecified atom stereocenters. The van der Waals surface area contributed by atoms with Crippen molar-refractivity contribution in [2.24, 2.45) is 0 Å². The van der Waals surface area contributed by atoms with Crippen LogP contribution in [-0.2, 0) is 6.54 Å². The second kappa shape index (κ2) is 6.00. The van der Waals surface area contributed by atoms with Crippen molar-refractivity contribution in [3.63, 3.8) is 0 Å². The highest BCUT2D eigenvalue weighted by atomic mass is 79.9. The third-order valence-corrected chi connectivity index (χ3v) is 3.40. The molecule has 0 fully saturated rings. The molecular formula is C14H14BrN3O2. The molecule has 0 saturated carbocycles. The molecule has 5 nitrogen and oxygen atoms in total. The van der Waals surface area contributed by atoms with Crippen LogP contribution < -0.4 is 4.90 Å². The van der Waals surface area contributed by atoms with E-state index >= 15 is 0 Å². The van der Waals surface area contributed by atoms with Crippen molar-refractivity contribution in [1.29, 1.82) is 0 Å². The third kappa shape index (κ3) is 3.33. The Balaban J connectivity index is 2.17. The Hall–Kier alpha value is -1.95. The minimum absolute atomic E-state index is 0.130. The number of aryl methyl sites for hydroxylation is 1. The van der Waals surface area contributed by atoms with Crippen LogP contribution in [-0.4, -0.2) is 28.1 Å². The fourth-order valence-electron chi connectivity index (χ4n) is 1.78. The lowest BCUT2D eigenvalue weighted by Crippen LogP contribution is -2.20. The summed E-state index contributed by atoms with van der Waals surface area (Å²) in [6.45, 7) is 2.32. The van der Waals surface area contributed by atoms with Crippen molar-refractivity contribution < 1.29 is 9.90 Å². The number of aromatic nitrogens is 2. The van der Waals surface area contributed by atoms with Crippen molar-refractivity contribution in [3.05, 3.63) is 51.8 Å². The largest absolute Gasteiger partial charge is 0.478 e. The van der Waals surface area contributed by atoms with Gasteiger partial charge in [0, 0.05) is 24.3 Å². The summed E-state index contributed by atoms with van der Waals surface area (Å²) >= 11 is 3.39. The first-order valence-corrected chi connectivity index (χ1v) is 6.79. The summed E-state index contributed by atoms with van der Waals surface area (Å²) in [5.41, 5.74) is 1.72. The van der Waals surface area contributed by atoms with Crippen LogP contribution in [0, 0.1) is 6.92 Å². The number of aromatic carboxylic acids is 1. The number of anilines is 1. The van der Waals surface area contributed by atoms with Gasteiger partial charge in [0.1, 0.15) is 0 Å². The van der Waals surface area contributed by atoms with E-state index in [0.29, 0.717) is 18.2 Å². The number of hydrogen-bond donors (Lipinski definition) is 1. The highest BCUT2D eigenvalue weighted by Gasteiger charge is 2.12. The van der Waals surface area contributed by atoms with Crippen LogP contribution in [0.1, 0.15) is 21.6 Å². The van der Waals surface area contributed by atoms with Gasteiger partial charge >= 0.3 is 5.97 Å². The van der Waals surface area contributed by atoms with E-state index in [1.165, 1.54) is 6.20 Å². The van der Waals surface area contributed by atoms with Crippen LogP contribution in [0.4, 0.5) is 5.95 Å². The number of rotatable bonds is 4. The predicted molar refractivity (Wildman–Crippen MR) is 80.0 cm³/mol.